The lowest BCUT2D eigenvalue weighted by atomic mass is 9.97. The summed E-state index contributed by atoms with van der Waals surface area (Å²) in [5.41, 5.74) is 3.37. The van der Waals surface area contributed by atoms with Crippen molar-refractivity contribution in [1.82, 2.24) is 14.6 Å². The summed E-state index contributed by atoms with van der Waals surface area (Å²) in [4.78, 5) is 17.1. The zero-order chi connectivity index (χ0) is 21.9. The van der Waals surface area contributed by atoms with Gasteiger partial charge in [0.2, 0.25) is 21.8 Å². The molecule has 8 heteroatoms. The van der Waals surface area contributed by atoms with Gasteiger partial charge in [0, 0.05) is 37.3 Å². The summed E-state index contributed by atoms with van der Waals surface area (Å²) >= 11 is 0. The molecule has 0 aliphatic carbocycles. The molecule has 1 saturated heterocycles. The van der Waals surface area contributed by atoms with Crippen LogP contribution in [-0.2, 0) is 21.4 Å². The van der Waals surface area contributed by atoms with Crippen LogP contribution in [0.3, 0.4) is 0 Å². The summed E-state index contributed by atoms with van der Waals surface area (Å²) < 4.78 is 33.1. The minimum Gasteiger partial charge on any atom is -0.481 e. The fourth-order valence-corrected chi connectivity index (χ4v) is 6.01. The first-order valence-electron chi connectivity index (χ1n) is 10.1. The molecule has 1 amide bonds. The molecule has 1 aliphatic rings. The number of hydrogen-bond acceptors (Lipinski definition) is 5. The Labute approximate surface area is 178 Å². The smallest absolute Gasteiger partial charge is 0.243 e. The van der Waals surface area contributed by atoms with Gasteiger partial charge in [-0.2, -0.15) is 4.31 Å². The molecule has 3 rings (SSSR count). The van der Waals surface area contributed by atoms with Gasteiger partial charge in [-0.3, -0.25) is 4.79 Å². The number of nitrogens with zero attached hydrogens (tertiary/aromatic N) is 2. The third-order valence-corrected chi connectivity index (χ3v) is 7.73. The maximum Gasteiger partial charge on any atom is 0.243 e. The van der Waals surface area contributed by atoms with E-state index in [0.717, 1.165) is 22.3 Å². The number of aryl methyl sites for hydroxylation is 3. The predicted molar refractivity (Wildman–Crippen MR) is 115 cm³/mol. The minimum atomic E-state index is -3.58. The number of carbonyl (C=O) groups excluding carboxylic acids is 1. The SMILES string of the molecule is COc1ncccc1CNC(=O)C1CCN(S(=O)(=O)c2c(C)cc(C)cc2C)CC1. The maximum atomic E-state index is 13.2. The first kappa shape index (κ1) is 22.2. The zero-order valence-electron chi connectivity index (χ0n) is 17.9. The van der Waals surface area contributed by atoms with Gasteiger partial charge >= 0.3 is 0 Å². The molecule has 2 aromatic rings. The normalized spacial score (nSPS) is 15.7. The molecule has 0 saturated carbocycles. The Balaban J connectivity index is 1.62. The van der Waals surface area contributed by atoms with Crippen LogP contribution < -0.4 is 10.1 Å². The fourth-order valence-electron chi connectivity index (χ4n) is 4.13. The number of sulfonamides is 1. The monoisotopic (exact) mass is 431 g/mol. The van der Waals surface area contributed by atoms with Crippen molar-refractivity contribution in [3.8, 4) is 5.88 Å². The quantitative estimate of drug-likeness (QED) is 0.760. The average molecular weight is 432 g/mol. The number of carbonyl (C=O) groups is 1. The molecule has 0 radical (unpaired) electrons. The summed E-state index contributed by atoms with van der Waals surface area (Å²) in [5, 5.41) is 2.93. The lowest BCUT2D eigenvalue weighted by molar-refractivity contribution is -0.126. The molecule has 2 heterocycles. The van der Waals surface area contributed by atoms with E-state index in [0.29, 0.717) is 43.3 Å². The van der Waals surface area contributed by atoms with Crippen LogP contribution in [0.5, 0.6) is 5.88 Å². The molecule has 1 aromatic carbocycles. The molecule has 1 N–H and O–H groups in total. The first-order chi connectivity index (χ1) is 14.2. The molecule has 0 spiro atoms. The van der Waals surface area contributed by atoms with Crippen molar-refractivity contribution in [2.24, 2.45) is 5.92 Å². The highest BCUT2D eigenvalue weighted by atomic mass is 32.2. The van der Waals surface area contributed by atoms with E-state index in [-0.39, 0.29) is 11.8 Å². The summed E-state index contributed by atoms with van der Waals surface area (Å²) in [7, 11) is -2.03. The van der Waals surface area contributed by atoms with Gasteiger partial charge in [-0.15, -0.1) is 0 Å². The van der Waals surface area contributed by atoms with Gasteiger partial charge in [-0.05, 0) is 50.8 Å². The van der Waals surface area contributed by atoms with Crippen molar-refractivity contribution < 1.29 is 17.9 Å². The highest BCUT2D eigenvalue weighted by Crippen LogP contribution is 2.29. The highest BCUT2D eigenvalue weighted by Gasteiger charge is 2.33. The topological polar surface area (TPSA) is 88.6 Å². The van der Waals surface area contributed by atoms with Gasteiger partial charge in [0.05, 0.1) is 12.0 Å². The van der Waals surface area contributed by atoms with Gasteiger partial charge in [0.1, 0.15) is 0 Å². The second-order valence-corrected chi connectivity index (χ2v) is 9.67. The Morgan fingerprint density at radius 2 is 1.83 bits per heavy atom. The van der Waals surface area contributed by atoms with E-state index >= 15 is 0 Å². The summed E-state index contributed by atoms with van der Waals surface area (Å²) in [6.07, 6.45) is 2.64. The highest BCUT2D eigenvalue weighted by molar-refractivity contribution is 7.89. The third kappa shape index (κ3) is 4.65. The number of rotatable bonds is 6. The molecule has 0 unspecified atom stereocenters. The lowest BCUT2D eigenvalue weighted by Crippen LogP contribution is -2.43. The number of aromatic nitrogens is 1. The number of nitrogens with one attached hydrogen (secondary N) is 1. The second-order valence-electron chi connectivity index (χ2n) is 7.80. The Bertz CT molecular complexity index is 1010. The first-order valence-corrected chi connectivity index (χ1v) is 11.5. The van der Waals surface area contributed by atoms with E-state index < -0.39 is 10.0 Å². The predicted octanol–water partition coefficient (Wildman–Crippen LogP) is 2.73. The Kier molecular flexibility index (Phi) is 6.77. The van der Waals surface area contributed by atoms with Crippen LogP contribution in [0.4, 0.5) is 0 Å². The molecule has 1 aromatic heterocycles. The number of amides is 1. The number of hydrogen-bond donors (Lipinski definition) is 1. The molecular weight excluding hydrogens is 402 g/mol. The van der Waals surface area contributed by atoms with E-state index in [1.807, 2.05) is 39.0 Å². The average Bonchev–Trinajstić information content (AvgIpc) is 2.71. The number of pyridine rings is 1. The van der Waals surface area contributed by atoms with Crippen molar-refractivity contribution in [2.75, 3.05) is 20.2 Å². The van der Waals surface area contributed by atoms with Crippen molar-refractivity contribution in [1.29, 1.82) is 0 Å². The molecular formula is C22H29N3O4S. The number of ether oxygens (including phenoxy) is 1. The fraction of sp³-hybridized carbons (Fsp3) is 0.455. The van der Waals surface area contributed by atoms with Gasteiger partial charge in [0.15, 0.2) is 0 Å². The Morgan fingerprint density at radius 1 is 1.20 bits per heavy atom. The van der Waals surface area contributed by atoms with E-state index in [4.69, 9.17) is 4.74 Å². The molecule has 0 atom stereocenters. The summed E-state index contributed by atoms with van der Waals surface area (Å²) in [6.45, 7) is 6.63. The van der Waals surface area contributed by atoms with Crippen LogP contribution in [0.15, 0.2) is 35.4 Å². The van der Waals surface area contributed by atoms with Crippen LogP contribution in [-0.4, -0.2) is 43.8 Å². The summed E-state index contributed by atoms with van der Waals surface area (Å²) in [5.74, 6) is 0.211. The van der Waals surface area contributed by atoms with E-state index in [2.05, 4.69) is 10.3 Å². The molecule has 0 bridgehead atoms. The molecule has 30 heavy (non-hydrogen) atoms. The van der Waals surface area contributed by atoms with E-state index in [9.17, 15) is 13.2 Å². The molecule has 1 fully saturated rings. The van der Waals surface area contributed by atoms with Crippen molar-refractivity contribution in [3.63, 3.8) is 0 Å². The van der Waals surface area contributed by atoms with Crippen molar-refractivity contribution in [2.45, 2.75) is 45.1 Å². The van der Waals surface area contributed by atoms with Crippen molar-refractivity contribution >= 4 is 15.9 Å². The van der Waals surface area contributed by atoms with Gasteiger partial charge < -0.3 is 10.1 Å². The van der Waals surface area contributed by atoms with Gasteiger partial charge in [-0.1, -0.05) is 23.8 Å². The van der Waals surface area contributed by atoms with Crippen LogP contribution in [0.1, 0.15) is 35.1 Å². The van der Waals surface area contributed by atoms with Gasteiger partial charge in [-0.25, -0.2) is 13.4 Å². The van der Waals surface area contributed by atoms with Crippen molar-refractivity contribution in [3.05, 3.63) is 52.7 Å². The van der Waals surface area contributed by atoms with E-state index in [1.165, 1.54) is 4.31 Å². The zero-order valence-corrected chi connectivity index (χ0v) is 18.8. The molecule has 7 nitrogen and oxygen atoms in total. The maximum absolute atomic E-state index is 13.2. The Hall–Kier alpha value is -2.45. The van der Waals surface area contributed by atoms with Crippen LogP contribution in [0, 0.1) is 26.7 Å². The number of benzene rings is 1. The number of methoxy groups -OCH3 is 1. The van der Waals surface area contributed by atoms with Gasteiger partial charge in [0.25, 0.3) is 0 Å². The second kappa shape index (κ2) is 9.14. The van der Waals surface area contributed by atoms with Crippen LogP contribution in [0.2, 0.25) is 0 Å². The van der Waals surface area contributed by atoms with Crippen LogP contribution >= 0.6 is 0 Å². The standard InChI is InChI=1S/C22H29N3O4S/c1-15-12-16(2)20(17(3)13-15)30(27,28)25-10-7-18(8-11-25)21(26)24-14-19-6-5-9-23-22(19)29-4/h5-6,9,12-13,18H,7-8,10-11,14H2,1-4H3,(H,24,26). The summed E-state index contributed by atoms with van der Waals surface area (Å²) in [6, 6.07) is 7.44. The number of piperidine rings is 1. The largest absolute Gasteiger partial charge is 0.481 e. The molecule has 162 valence electrons. The van der Waals surface area contributed by atoms with Crippen LogP contribution in [0.25, 0.3) is 0 Å². The third-order valence-electron chi connectivity index (χ3n) is 5.52. The lowest BCUT2D eigenvalue weighted by Gasteiger charge is -2.31. The Morgan fingerprint density at radius 3 is 2.43 bits per heavy atom. The molecule has 1 aliphatic heterocycles. The minimum absolute atomic E-state index is 0.0688. The van der Waals surface area contributed by atoms with E-state index in [1.54, 1.807) is 19.4 Å².